The maximum Gasteiger partial charge on any atom is 0.249 e. The van der Waals surface area contributed by atoms with Gasteiger partial charge in [-0.25, -0.2) is 0 Å². The first-order valence-electron chi connectivity index (χ1n) is 6.08. The summed E-state index contributed by atoms with van der Waals surface area (Å²) in [4.78, 5) is 33.7. The summed E-state index contributed by atoms with van der Waals surface area (Å²) in [7, 11) is 0. The van der Waals surface area contributed by atoms with Crippen molar-refractivity contribution in [1.82, 2.24) is 5.32 Å². The van der Waals surface area contributed by atoms with Crippen molar-refractivity contribution in [2.24, 2.45) is 0 Å². The quantitative estimate of drug-likeness (QED) is 0.782. The molecule has 0 spiro atoms. The van der Waals surface area contributed by atoms with Gasteiger partial charge in [-0.3, -0.25) is 14.4 Å². The Balaban J connectivity index is 1.80. The minimum absolute atomic E-state index is 0.0946. The van der Waals surface area contributed by atoms with Crippen LogP contribution in [0.2, 0.25) is 5.02 Å². The van der Waals surface area contributed by atoms with E-state index in [0.29, 0.717) is 18.0 Å². The molecule has 6 heteroatoms. The molecule has 1 amide bonds. The summed E-state index contributed by atoms with van der Waals surface area (Å²) in [6.07, 6.45) is 0.515. The molecule has 0 unspecified atom stereocenters. The second-order valence-electron chi connectivity index (χ2n) is 4.45. The lowest BCUT2D eigenvalue weighted by Crippen LogP contribution is -2.41. The summed E-state index contributed by atoms with van der Waals surface area (Å²) in [6.45, 7) is 0.440. The van der Waals surface area contributed by atoms with Crippen molar-refractivity contribution in [3.05, 3.63) is 60.9 Å². The van der Waals surface area contributed by atoms with E-state index >= 15 is 0 Å². The molecular formula is C14H13ClN2O3. The van der Waals surface area contributed by atoms with Gasteiger partial charge in [0.1, 0.15) is 0 Å². The second-order valence-corrected chi connectivity index (χ2v) is 4.89. The summed E-state index contributed by atoms with van der Waals surface area (Å²) >= 11 is 5.77. The van der Waals surface area contributed by atoms with E-state index < -0.39 is 10.9 Å². The maximum atomic E-state index is 11.6. The van der Waals surface area contributed by atoms with Crippen LogP contribution in [0.1, 0.15) is 11.1 Å². The lowest BCUT2D eigenvalue weighted by molar-refractivity contribution is -0.120. The minimum atomic E-state index is -0.700. The molecule has 0 aliphatic heterocycles. The highest BCUT2D eigenvalue weighted by molar-refractivity contribution is 6.30. The van der Waals surface area contributed by atoms with Gasteiger partial charge >= 0.3 is 0 Å². The fourth-order valence-corrected chi connectivity index (χ4v) is 1.98. The number of nitrogens with two attached hydrogens (primary N) is 1. The van der Waals surface area contributed by atoms with Crippen LogP contribution in [0.4, 0.5) is 5.69 Å². The van der Waals surface area contributed by atoms with Gasteiger partial charge in [0.15, 0.2) is 0 Å². The Morgan fingerprint density at radius 3 is 2.40 bits per heavy atom. The van der Waals surface area contributed by atoms with Crippen LogP contribution in [0.25, 0.3) is 0 Å². The molecule has 0 atom stereocenters. The third kappa shape index (κ3) is 3.05. The Morgan fingerprint density at radius 1 is 1.15 bits per heavy atom. The van der Waals surface area contributed by atoms with E-state index in [-0.39, 0.29) is 23.6 Å². The predicted molar refractivity (Wildman–Crippen MR) is 77.6 cm³/mol. The largest absolute Gasteiger partial charge is 0.395 e. The molecule has 0 saturated carbocycles. The Morgan fingerprint density at radius 2 is 1.80 bits per heavy atom. The standard InChI is InChI=1S/C14H13ClN2O3/c15-9-3-1-8(2-4-9)5-6-17-11(18)7-10-12(16)14(20)13(10)19/h1-4H,5-7,16H2,(H,17,18). The smallest absolute Gasteiger partial charge is 0.249 e. The molecule has 0 aromatic heterocycles. The molecule has 0 radical (unpaired) electrons. The van der Waals surface area contributed by atoms with E-state index in [1.807, 2.05) is 12.1 Å². The van der Waals surface area contributed by atoms with Gasteiger partial charge in [-0.05, 0) is 24.1 Å². The van der Waals surface area contributed by atoms with Crippen LogP contribution in [0.3, 0.4) is 0 Å². The van der Waals surface area contributed by atoms with E-state index in [1.54, 1.807) is 12.1 Å². The topological polar surface area (TPSA) is 89.3 Å². The van der Waals surface area contributed by atoms with Gasteiger partial charge in [0.05, 0.1) is 12.1 Å². The fraction of sp³-hybridized carbons (Fsp3) is 0.214. The van der Waals surface area contributed by atoms with Gasteiger partial charge in [0, 0.05) is 17.1 Å². The zero-order chi connectivity index (χ0) is 14.7. The molecule has 104 valence electrons. The number of halogens is 1. The van der Waals surface area contributed by atoms with Crippen molar-refractivity contribution in [2.75, 3.05) is 12.3 Å². The zero-order valence-corrected chi connectivity index (χ0v) is 11.4. The monoisotopic (exact) mass is 292 g/mol. The summed E-state index contributed by atoms with van der Waals surface area (Å²) in [6, 6.07) is 7.32. The molecule has 0 bridgehead atoms. The Hall–Kier alpha value is -2.14. The predicted octanol–water partition coefficient (Wildman–Crippen LogP) is 0.420. The number of carbonyl (C=O) groups is 1. The average Bonchev–Trinajstić information content (AvgIpc) is 2.45. The van der Waals surface area contributed by atoms with Gasteiger partial charge in [-0.15, -0.1) is 0 Å². The van der Waals surface area contributed by atoms with E-state index in [1.165, 1.54) is 0 Å². The van der Waals surface area contributed by atoms with Gasteiger partial charge in [-0.1, -0.05) is 23.7 Å². The van der Waals surface area contributed by atoms with Crippen molar-refractivity contribution in [3.63, 3.8) is 0 Å². The number of carbonyl (C=O) groups excluding carboxylic acids is 1. The normalized spacial score (nSPS) is 10.7. The molecule has 3 N–H and O–H groups in total. The first-order valence-corrected chi connectivity index (χ1v) is 6.45. The average molecular weight is 293 g/mol. The van der Waals surface area contributed by atoms with Crippen molar-refractivity contribution in [1.29, 1.82) is 0 Å². The van der Waals surface area contributed by atoms with Crippen LogP contribution < -0.4 is 21.9 Å². The number of benzene rings is 1. The molecule has 2 rings (SSSR count). The van der Waals surface area contributed by atoms with E-state index in [4.69, 9.17) is 17.3 Å². The maximum absolute atomic E-state index is 11.6. The van der Waals surface area contributed by atoms with Crippen LogP contribution in [-0.4, -0.2) is 12.5 Å². The number of nitrogens with one attached hydrogen (secondary N) is 1. The zero-order valence-electron chi connectivity index (χ0n) is 10.6. The van der Waals surface area contributed by atoms with Crippen molar-refractivity contribution < 1.29 is 4.79 Å². The van der Waals surface area contributed by atoms with Crippen LogP contribution in [-0.2, 0) is 17.6 Å². The Kier molecular flexibility index (Phi) is 4.20. The summed E-state index contributed by atoms with van der Waals surface area (Å²) in [5.74, 6) is -0.322. The van der Waals surface area contributed by atoms with Gasteiger partial charge in [0.2, 0.25) is 16.8 Å². The molecule has 5 nitrogen and oxygen atoms in total. The summed E-state index contributed by atoms with van der Waals surface area (Å²) in [5, 5.41) is 3.34. The Bertz CT molecular complexity index is 700. The molecule has 0 heterocycles. The van der Waals surface area contributed by atoms with Crippen LogP contribution in [0.15, 0.2) is 33.9 Å². The van der Waals surface area contributed by atoms with Gasteiger partial charge in [0.25, 0.3) is 0 Å². The van der Waals surface area contributed by atoms with E-state index in [9.17, 15) is 14.4 Å². The molecule has 0 aliphatic carbocycles. The SMILES string of the molecule is Nc1c(CC(=O)NCCc2ccc(Cl)cc2)c(=O)c1=O. The van der Waals surface area contributed by atoms with Crippen molar-refractivity contribution in [2.45, 2.75) is 12.8 Å². The molecule has 20 heavy (non-hydrogen) atoms. The van der Waals surface area contributed by atoms with E-state index in [2.05, 4.69) is 5.32 Å². The fourth-order valence-electron chi connectivity index (χ4n) is 1.85. The molecule has 0 aliphatic rings. The van der Waals surface area contributed by atoms with Crippen LogP contribution >= 0.6 is 11.6 Å². The number of nitrogen functional groups attached to an aromatic ring is 1. The third-order valence-electron chi connectivity index (χ3n) is 3.04. The van der Waals surface area contributed by atoms with Crippen molar-refractivity contribution >= 4 is 23.2 Å². The third-order valence-corrected chi connectivity index (χ3v) is 3.29. The summed E-state index contributed by atoms with van der Waals surface area (Å²) < 4.78 is 0. The van der Waals surface area contributed by atoms with Crippen molar-refractivity contribution in [3.8, 4) is 0 Å². The number of anilines is 1. The lowest BCUT2D eigenvalue weighted by Gasteiger charge is -2.08. The number of hydrogen-bond donors (Lipinski definition) is 2. The van der Waals surface area contributed by atoms with Crippen LogP contribution in [0, 0.1) is 0 Å². The lowest BCUT2D eigenvalue weighted by atomic mass is 10.0. The molecule has 2 aromatic rings. The highest BCUT2D eigenvalue weighted by Gasteiger charge is 2.19. The number of rotatable bonds is 5. The van der Waals surface area contributed by atoms with Gasteiger partial charge < -0.3 is 11.1 Å². The number of amides is 1. The van der Waals surface area contributed by atoms with Gasteiger partial charge in [-0.2, -0.15) is 0 Å². The first kappa shape index (κ1) is 14.3. The number of hydrogen-bond acceptors (Lipinski definition) is 4. The van der Waals surface area contributed by atoms with E-state index in [0.717, 1.165) is 5.56 Å². The highest BCUT2D eigenvalue weighted by atomic mass is 35.5. The second kappa shape index (κ2) is 5.88. The Labute approximate surface area is 120 Å². The molecule has 0 saturated heterocycles. The molecule has 2 aromatic carbocycles. The minimum Gasteiger partial charge on any atom is -0.395 e. The molecular weight excluding hydrogens is 280 g/mol. The highest BCUT2D eigenvalue weighted by Crippen LogP contribution is 2.09. The summed E-state index contributed by atoms with van der Waals surface area (Å²) in [5.41, 5.74) is 5.06. The van der Waals surface area contributed by atoms with Crippen LogP contribution in [0.5, 0.6) is 0 Å². The molecule has 0 fully saturated rings. The first-order chi connectivity index (χ1) is 9.49.